The summed E-state index contributed by atoms with van der Waals surface area (Å²) in [4.78, 5) is 147. The zero-order chi connectivity index (χ0) is 98.5. The third-order valence-electron chi connectivity index (χ3n) is 19.4. The van der Waals surface area contributed by atoms with Crippen molar-refractivity contribution >= 4 is 71.1 Å². The Hall–Kier alpha value is -12.9. The van der Waals surface area contributed by atoms with Gasteiger partial charge in [-0.15, -0.1) is 0 Å². The number of Topliss-reactive ketones (excluding diaryl/α,β-unsaturated/α-hetero) is 2. The minimum absolute atomic E-state index is 0.0610. The lowest BCUT2D eigenvalue weighted by Crippen LogP contribution is -2.50. The largest absolute Gasteiger partial charge is 0.479 e. The quantitative estimate of drug-likeness (QED) is 0.0169. The van der Waals surface area contributed by atoms with Gasteiger partial charge in [-0.05, 0) is 128 Å². The first-order valence-corrected chi connectivity index (χ1v) is 42.3. The molecule has 0 fully saturated rings. The summed E-state index contributed by atoms with van der Waals surface area (Å²) in [5.41, 5.74) is 13.8. The number of aliphatic hydroxyl groups excluding tert-OH is 7. The first-order chi connectivity index (χ1) is 63.8. The molecule has 0 spiro atoms. The molecule has 0 bridgehead atoms. The summed E-state index contributed by atoms with van der Waals surface area (Å²) in [6, 6.07) is 61.4. The summed E-state index contributed by atoms with van der Waals surface area (Å²) < 4.78 is 51.1. The SMILES string of the molecule is CCOC(=O)[C@H](O)[C@@H](O)C(=O)OCC.CCOC(=O)[C@H](O)[C@@H](OC)C(=O)CCc1ccc(-c2ccccc2)cc1.CCOC(=O)[C@H](O)[C@@H](OC)C(=O)O.CCOC(=O)[C@H](O)[C@@H](OC)C(=O)OCC.CO[C@@H](C(=O)CCc1ccc(-c2ccccc2)cc1)[C@@H](O)C(=O)O.CO[C@@H](C(=O)NCc1ccc(-c2ccccc2)cc1)[C@@H](O)C(=O)N1Cc2cccnc2C1.c1cnc2c(c1)CNC2. The number of carboxylic acids is 2. The van der Waals surface area contributed by atoms with Crippen molar-refractivity contribution in [3.05, 3.63) is 240 Å². The number of methoxy groups -OCH3 is 5. The minimum atomic E-state index is -1.89. The molecule has 2 aliphatic heterocycles. The fourth-order valence-corrected chi connectivity index (χ4v) is 12.4. The fraction of sp³-hybridized carbons (Fsp3) is 0.396. The number of carboxylic acid groups (broad SMARTS) is 2. The number of benzene rings is 6. The summed E-state index contributed by atoms with van der Waals surface area (Å²) in [6.07, 6.45) is -14.3. The van der Waals surface area contributed by atoms with Gasteiger partial charge < -0.3 is 114 Å². The molecule has 10 rings (SSSR count). The molecule has 0 saturated carbocycles. The van der Waals surface area contributed by atoms with E-state index in [1.54, 1.807) is 53.8 Å². The average Bonchev–Trinajstić information content (AvgIpc) is 1.71. The van der Waals surface area contributed by atoms with Crippen molar-refractivity contribution in [1.29, 1.82) is 0 Å². The molecule has 4 heterocycles. The second-order valence-electron chi connectivity index (χ2n) is 28.4. The van der Waals surface area contributed by atoms with Gasteiger partial charge in [-0.3, -0.25) is 29.1 Å². The lowest BCUT2D eigenvalue weighted by atomic mass is 9.99. The lowest BCUT2D eigenvalue weighted by Gasteiger charge is -2.24. The highest BCUT2D eigenvalue weighted by Crippen LogP contribution is 2.26. The van der Waals surface area contributed by atoms with Crippen molar-refractivity contribution in [3.63, 3.8) is 0 Å². The number of hydrogen-bond acceptors (Lipinski definition) is 33. The number of carbonyl (C=O) groups excluding carboxylic acids is 10. The molecule has 6 aromatic carbocycles. The number of rotatable bonds is 40. The highest BCUT2D eigenvalue weighted by molar-refractivity contribution is 5.93. The van der Waals surface area contributed by atoms with Crippen LogP contribution in [0, 0.1) is 0 Å². The van der Waals surface area contributed by atoms with Crippen LogP contribution in [0.2, 0.25) is 0 Å². The number of amides is 2. The highest BCUT2D eigenvalue weighted by atomic mass is 16.6. The Balaban J connectivity index is 0.000000336. The molecule has 2 aromatic heterocycles. The molecule has 37 heteroatoms. The van der Waals surface area contributed by atoms with Crippen molar-refractivity contribution in [3.8, 4) is 33.4 Å². The molecule has 37 nitrogen and oxygen atoms in total. The molecular formula is C96H119N5O32. The Morgan fingerprint density at radius 1 is 0.338 bits per heavy atom. The molecule has 11 N–H and O–H groups in total. The van der Waals surface area contributed by atoms with Crippen LogP contribution < -0.4 is 10.6 Å². The maximum absolute atomic E-state index is 12.8. The number of nitrogens with one attached hydrogen (secondary N) is 2. The van der Waals surface area contributed by atoms with Crippen LogP contribution in [0.4, 0.5) is 0 Å². The van der Waals surface area contributed by atoms with Gasteiger partial charge >= 0.3 is 47.8 Å². The fourth-order valence-electron chi connectivity index (χ4n) is 12.4. The number of fused-ring (bicyclic) bond motifs is 2. The van der Waals surface area contributed by atoms with Gasteiger partial charge in [0.05, 0.1) is 57.6 Å². The number of nitrogens with zero attached hydrogens (tertiary/aromatic N) is 3. The van der Waals surface area contributed by atoms with Gasteiger partial charge in [0.25, 0.3) is 11.8 Å². The molecule has 12 atom stereocenters. The Bertz CT molecular complexity index is 4810. The van der Waals surface area contributed by atoms with E-state index in [9.17, 15) is 78.0 Å². The summed E-state index contributed by atoms with van der Waals surface area (Å²) in [5, 5.41) is 89.8. The van der Waals surface area contributed by atoms with Gasteiger partial charge in [0.2, 0.25) is 0 Å². The maximum atomic E-state index is 12.8. The molecule has 0 aliphatic carbocycles. The first-order valence-electron chi connectivity index (χ1n) is 42.3. The molecule has 2 aliphatic rings. The molecule has 2 amide bonds. The number of aliphatic carboxylic acids is 2. The van der Waals surface area contributed by atoms with Crippen molar-refractivity contribution in [1.82, 2.24) is 25.5 Å². The molecule has 8 aromatic rings. The maximum Gasteiger partial charge on any atom is 0.338 e. The van der Waals surface area contributed by atoms with E-state index in [1.165, 1.54) is 44.6 Å². The Labute approximate surface area is 770 Å². The van der Waals surface area contributed by atoms with Crippen LogP contribution in [0.3, 0.4) is 0 Å². The molecule has 133 heavy (non-hydrogen) atoms. The van der Waals surface area contributed by atoms with Crippen LogP contribution in [-0.4, -0.2) is 280 Å². The van der Waals surface area contributed by atoms with Crippen LogP contribution in [-0.2, 0) is 155 Å². The van der Waals surface area contributed by atoms with Crippen molar-refractivity contribution in [2.75, 3.05) is 75.2 Å². The van der Waals surface area contributed by atoms with E-state index in [4.69, 9.17) is 44.5 Å². The van der Waals surface area contributed by atoms with Gasteiger partial charge in [-0.2, -0.15) is 0 Å². The van der Waals surface area contributed by atoms with Gasteiger partial charge in [-0.1, -0.05) is 176 Å². The van der Waals surface area contributed by atoms with E-state index in [0.717, 1.165) is 81.5 Å². The van der Waals surface area contributed by atoms with Crippen LogP contribution >= 0.6 is 0 Å². The second kappa shape index (κ2) is 61.7. The van der Waals surface area contributed by atoms with Crippen LogP contribution in [0.25, 0.3) is 33.4 Å². The number of carbonyl (C=O) groups is 12. The number of pyridine rings is 2. The number of ketones is 2. The summed E-state index contributed by atoms with van der Waals surface area (Å²) in [5.74, 6) is -10.4. The third kappa shape index (κ3) is 37.7. The van der Waals surface area contributed by atoms with E-state index in [-0.39, 0.29) is 64.8 Å². The number of ether oxygens (including phenoxy) is 11. The minimum Gasteiger partial charge on any atom is -0.479 e. The predicted octanol–water partition coefficient (Wildman–Crippen LogP) is 5.41. The first kappa shape index (κ1) is 112. The van der Waals surface area contributed by atoms with Crippen LogP contribution in [0.15, 0.2) is 200 Å². The zero-order valence-corrected chi connectivity index (χ0v) is 75.8. The van der Waals surface area contributed by atoms with E-state index in [2.05, 4.69) is 59.8 Å². The Kier molecular flexibility index (Phi) is 52.2. The number of hydrogen-bond donors (Lipinski definition) is 11. The van der Waals surface area contributed by atoms with E-state index in [0.29, 0.717) is 25.9 Å². The van der Waals surface area contributed by atoms with E-state index in [1.807, 2.05) is 182 Å². The van der Waals surface area contributed by atoms with E-state index < -0.39 is 139 Å². The third-order valence-corrected chi connectivity index (χ3v) is 19.4. The van der Waals surface area contributed by atoms with Crippen LogP contribution in [0.1, 0.15) is 93.6 Å². The molecular weight excluding hydrogens is 1740 g/mol. The van der Waals surface area contributed by atoms with E-state index >= 15 is 0 Å². The van der Waals surface area contributed by atoms with Crippen molar-refractivity contribution in [2.45, 2.75) is 173 Å². The number of aromatic nitrogens is 2. The van der Waals surface area contributed by atoms with Gasteiger partial charge in [0, 0.05) is 87.0 Å². The standard InChI is InChI=1S/C25H25N3O4.C21H24O5.C19H20O5.C9H16O6.C8H14O6.C7H8N2.C7H12O6/c1-32-23(22(29)25(31)28-15-20-8-5-13-26-21(20)16-28)24(30)27-14-17-9-11-19(12-10-17)18-6-3-2-4-7-18;1-3-26-21(24)19(23)20(25-2)18(22)14-11-15-9-12-17(13-10-15)16-7-5-4-6-8-16;1-24-18(17(21)19(22)23)16(20)12-9-13-7-10-15(11-8-13)14-5-3-2-4-6-14;1-4-14-8(11)6(10)7(13-3)9(12)15-5-2;1-3-13-7(11)5(9)6(10)8(12)14-4-2;1-2-6-4-8-5-7(6)9-3-1;1-3-13-7(11)4(8)5(12-2)6(9)10/h2-13,22-23,29H,14-16H2,1H3,(H,27,30);4-10,12-13,19-20,23H,3,11,14H2,1-2H3;2-8,10-11,17-18,21H,9,12H2,1H3,(H,22,23);6-7,10H,4-5H2,1-3H3;5-6,9-10H,3-4H2,1-2H3;1-3,8H,4-5H2;4-5,8H,3H2,1-2H3,(H,9,10)/t22-,23-;19-,20+;17-,18+;6-,7-;5-,6-;;4-,5-/m11111.1/s1. The summed E-state index contributed by atoms with van der Waals surface area (Å²) in [7, 11) is 6.09. The zero-order valence-electron chi connectivity index (χ0n) is 75.8. The average molecular weight is 1860 g/mol. The molecule has 0 radical (unpaired) electrons. The number of esters is 6. The predicted molar refractivity (Wildman–Crippen MR) is 479 cm³/mol. The van der Waals surface area contributed by atoms with Crippen molar-refractivity contribution in [2.24, 2.45) is 0 Å². The second-order valence-corrected chi connectivity index (χ2v) is 28.4. The summed E-state index contributed by atoms with van der Waals surface area (Å²) >= 11 is 0. The van der Waals surface area contributed by atoms with Crippen molar-refractivity contribution < 1.29 is 156 Å². The number of aliphatic hydroxyl groups is 7. The van der Waals surface area contributed by atoms with Gasteiger partial charge in [0.1, 0.15) is 0 Å². The Morgan fingerprint density at radius 3 is 1.02 bits per heavy atom. The van der Waals surface area contributed by atoms with Crippen LogP contribution in [0.5, 0.6) is 0 Å². The highest BCUT2D eigenvalue weighted by Gasteiger charge is 2.40. The lowest BCUT2D eigenvalue weighted by molar-refractivity contribution is -0.175. The smallest absolute Gasteiger partial charge is 0.338 e. The topological polar surface area (TPSA) is 542 Å². The molecule has 720 valence electrons. The molecule has 0 unspecified atom stereocenters. The number of aryl methyl sites for hydroxylation is 2. The normalized spacial score (nSPS) is 14.0. The monoisotopic (exact) mass is 1850 g/mol. The van der Waals surface area contributed by atoms with Gasteiger partial charge in [0.15, 0.2) is 84.8 Å². The summed E-state index contributed by atoms with van der Waals surface area (Å²) in [6.45, 7) is 12.9. The molecule has 0 saturated heterocycles. The Morgan fingerprint density at radius 2 is 0.669 bits per heavy atom. The van der Waals surface area contributed by atoms with Gasteiger partial charge in [-0.25, -0.2) is 38.4 Å².